The first-order valence-corrected chi connectivity index (χ1v) is 7.39. The Bertz CT molecular complexity index is 847. The van der Waals surface area contributed by atoms with Crippen LogP contribution in [0.25, 0.3) is 22.0 Å². The van der Waals surface area contributed by atoms with Crippen LogP contribution >= 0.6 is 0 Å². The smallest absolute Gasteiger partial charge is 0.251 e. The highest BCUT2D eigenvalue weighted by Gasteiger charge is 2.23. The summed E-state index contributed by atoms with van der Waals surface area (Å²) < 4.78 is 13.2. The van der Waals surface area contributed by atoms with Crippen LogP contribution in [-0.2, 0) is 0 Å². The molecule has 22 heavy (non-hydrogen) atoms. The fourth-order valence-corrected chi connectivity index (χ4v) is 2.63. The second-order valence-electron chi connectivity index (χ2n) is 5.72. The number of hydrogen-bond donors (Lipinski definition) is 2. The summed E-state index contributed by atoms with van der Waals surface area (Å²) in [6.45, 7) is 0. The first-order chi connectivity index (χ1) is 10.7. The lowest BCUT2D eigenvalue weighted by Crippen LogP contribution is -2.25. The number of aromatic nitrogens is 1. The number of fused-ring (bicyclic) bond motifs is 1. The van der Waals surface area contributed by atoms with Gasteiger partial charge in [-0.15, -0.1) is 0 Å². The summed E-state index contributed by atoms with van der Waals surface area (Å²) in [5.41, 5.74) is 3.44. The highest BCUT2D eigenvalue weighted by molar-refractivity contribution is 5.98. The first kappa shape index (κ1) is 13.1. The Labute approximate surface area is 127 Å². The summed E-state index contributed by atoms with van der Waals surface area (Å²) in [5.74, 6) is -0.275. The lowest BCUT2D eigenvalue weighted by atomic mass is 10.0. The molecule has 2 N–H and O–H groups in total. The summed E-state index contributed by atoms with van der Waals surface area (Å²) in [6.07, 6.45) is 4.02. The van der Waals surface area contributed by atoms with Gasteiger partial charge >= 0.3 is 0 Å². The fraction of sp³-hybridized carbons (Fsp3) is 0.167. The Morgan fingerprint density at radius 2 is 1.91 bits per heavy atom. The molecule has 2 aromatic carbocycles. The average Bonchev–Trinajstić information content (AvgIpc) is 3.24. The number of carbonyl (C=O) groups excluding carboxylic acids is 1. The molecule has 0 saturated heterocycles. The normalized spacial score (nSPS) is 14.2. The van der Waals surface area contributed by atoms with Crippen molar-refractivity contribution in [1.82, 2.24) is 10.3 Å². The van der Waals surface area contributed by atoms with Crippen LogP contribution in [0, 0.1) is 5.82 Å². The third kappa shape index (κ3) is 2.37. The molecule has 1 fully saturated rings. The van der Waals surface area contributed by atoms with E-state index in [1.807, 2.05) is 30.5 Å². The zero-order chi connectivity index (χ0) is 15.1. The first-order valence-electron chi connectivity index (χ1n) is 7.39. The van der Waals surface area contributed by atoms with E-state index in [0.29, 0.717) is 11.6 Å². The number of nitrogens with one attached hydrogen (secondary N) is 2. The van der Waals surface area contributed by atoms with Gasteiger partial charge in [0.15, 0.2) is 0 Å². The van der Waals surface area contributed by atoms with Gasteiger partial charge < -0.3 is 10.3 Å². The fourth-order valence-electron chi connectivity index (χ4n) is 2.63. The predicted octanol–water partition coefficient (Wildman–Crippen LogP) is 3.87. The summed E-state index contributed by atoms with van der Waals surface area (Å²) in [4.78, 5) is 15.1. The van der Waals surface area contributed by atoms with E-state index in [-0.39, 0.29) is 11.7 Å². The maximum Gasteiger partial charge on any atom is 0.251 e. The number of rotatable bonds is 3. The molecule has 110 valence electrons. The maximum absolute atomic E-state index is 13.2. The molecule has 3 aromatic rings. The van der Waals surface area contributed by atoms with Crippen LogP contribution in [0.2, 0.25) is 0 Å². The molecule has 1 aromatic heterocycles. The lowest BCUT2D eigenvalue weighted by Gasteiger charge is -2.05. The van der Waals surface area contributed by atoms with Crippen molar-refractivity contribution in [3.63, 3.8) is 0 Å². The van der Waals surface area contributed by atoms with Crippen molar-refractivity contribution >= 4 is 16.8 Å². The standard InChI is InChI=1S/C18H15FN2O/c19-13-5-8-15-16(10-20-17(15)9-13)11-1-3-12(4-2-11)18(22)21-14-6-7-14/h1-5,8-10,14,20H,6-7H2,(H,21,22). The molecule has 1 amide bonds. The summed E-state index contributed by atoms with van der Waals surface area (Å²) in [6, 6.07) is 12.6. The minimum Gasteiger partial charge on any atom is -0.360 e. The number of benzene rings is 2. The number of carbonyl (C=O) groups is 1. The molecule has 1 aliphatic rings. The molecule has 0 radical (unpaired) electrons. The van der Waals surface area contributed by atoms with Gasteiger partial charge in [-0.25, -0.2) is 4.39 Å². The Kier molecular flexibility index (Phi) is 2.96. The molecule has 1 saturated carbocycles. The van der Waals surface area contributed by atoms with Gasteiger partial charge in [0.1, 0.15) is 5.82 Å². The van der Waals surface area contributed by atoms with E-state index in [0.717, 1.165) is 34.9 Å². The van der Waals surface area contributed by atoms with Crippen LogP contribution in [-0.4, -0.2) is 16.9 Å². The Balaban J connectivity index is 1.65. The number of amides is 1. The van der Waals surface area contributed by atoms with E-state index < -0.39 is 0 Å². The van der Waals surface area contributed by atoms with Crippen molar-refractivity contribution in [3.05, 3.63) is 60.0 Å². The molecule has 0 bridgehead atoms. The van der Waals surface area contributed by atoms with Crippen LogP contribution in [0.3, 0.4) is 0 Å². The van der Waals surface area contributed by atoms with Crippen molar-refractivity contribution < 1.29 is 9.18 Å². The van der Waals surface area contributed by atoms with E-state index in [9.17, 15) is 9.18 Å². The van der Waals surface area contributed by atoms with Crippen molar-refractivity contribution in [2.45, 2.75) is 18.9 Å². The zero-order valence-corrected chi connectivity index (χ0v) is 11.9. The zero-order valence-electron chi connectivity index (χ0n) is 11.9. The minimum absolute atomic E-state index is 0.0185. The molecule has 3 nitrogen and oxygen atoms in total. The Morgan fingerprint density at radius 1 is 1.14 bits per heavy atom. The quantitative estimate of drug-likeness (QED) is 0.757. The van der Waals surface area contributed by atoms with Crippen molar-refractivity contribution in [1.29, 1.82) is 0 Å². The predicted molar refractivity (Wildman–Crippen MR) is 84.2 cm³/mol. The molecule has 4 rings (SSSR count). The second kappa shape index (κ2) is 4.98. The molecule has 1 aliphatic carbocycles. The monoisotopic (exact) mass is 294 g/mol. The SMILES string of the molecule is O=C(NC1CC1)c1ccc(-c2c[nH]c3cc(F)ccc23)cc1. The van der Waals surface area contributed by atoms with E-state index in [1.54, 1.807) is 6.07 Å². The number of halogens is 1. The van der Waals surface area contributed by atoms with E-state index in [4.69, 9.17) is 0 Å². The van der Waals surface area contributed by atoms with Gasteiger partial charge in [-0.2, -0.15) is 0 Å². The third-order valence-electron chi connectivity index (χ3n) is 4.01. The minimum atomic E-state index is -0.256. The van der Waals surface area contributed by atoms with Crippen molar-refractivity contribution in [3.8, 4) is 11.1 Å². The van der Waals surface area contributed by atoms with Gasteiger partial charge in [0, 0.05) is 34.3 Å². The molecule has 0 atom stereocenters. The van der Waals surface area contributed by atoms with Gasteiger partial charge in [-0.1, -0.05) is 12.1 Å². The highest BCUT2D eigenvalue weighted by Crippen LogP contribution is 2.29. The van der Waals surface area contributed by atoms with Crippen LogP contribution in [0.4, 0.5) is 4.39 Å². The molecule has 4 heteroatoms. The van der Waals surface area contributed by atoms with Crippen LogP contribution < -0.4 is 5.32 Å². The van der Waals surface area contributed by atoms with Crippen LogP contribution in [0.5, 0.6) is 0 Å². The maximum atomic E-state index is 13.2. The number of aromatic amines is 1. The van der Waals surface area contributed by atoms with E-state index in [1.165, 1.54) is 12.1 Å². The van der Waals surface area contributed by atoms with Gasteiger partial charge in [0.2, 0.25) is 0 Å². The molecule has 0 aliphatic heterocycles. The lowest BCUT2D eigenvalue weighted by molar-refractivity contribution is 0.0951. The number of hydrogen-bond acceptors (Lipinski definition) is 1. The van der Waals surface area contributed by atoms with Gasteiger partial charge in [-0.3, -0.25) is 4.79 Å². The van der Waals surface area contributed by atoms with Gasteiger partial charge in [0.25, 0.3) is 5.91 Å². The largest absolute Gasteiger partial charge is 0.360 e. The molecular weight excluding hydrogens is 279 g/mol. The second-order valence-corrected chi connectivity index (χ2v) is 5.72. The summed E-state index contributed by atoms with van der Waals surface area (Å²) >= 11 is 0. The number of H-pyrrole nitrogens is 1. The third-order valence-corrected chi connectivity index (χ3v) is 4.01. The summed E-state index contributed by atoms with van der Waals surface area (Å²) in [5, 5.41) is 3.94. The highest BCUT2D eigenvalue weighted by atomic mass is 19.1. The summed E-state index contributed by atoms with van der Waals surface area (Å²) in [7, 11) is 0. The Morgan fingerprint density at radius 3 is 2.64 bits per heavy atom. The average molecular weight is 294 g/mol. The molecule has 0 spiro atoms. The molecular formula is C18H15FN2O. The van der Waals surface area contributed by atoms with Crippen LogP contribution in [0.1, 0.15) is 23.2 Å². The molecule has 0 unspecified atom stereocenters. The Hall–Kier alpha value is -2.62. The van der Waals surface area contributed by atoms with E-state index in [2.05, 4.69) is 10.3 Å². The topological polar surface area (TPSA) is 44.9 Å². The van der Waals surface area contributed by atoms with Crippen LogP contribution in [0.15, 0.2) is 48.7 Å². The van der Waals surface area contributed by atoms with Crippen molar-refractivity contribution in [2.24, 2.45) is 0 Å². The van der Waals surface area contributed by atoms with E-state index >= 15 is 0 Å². The van der Waals surface area contributed by atoms with Crippen molar-refractivity contribution in [2.75, 3.05) is 0 Å². The van der Waals surface area contributed by atoms with Gasteiger partial charge in [-0.05, 0) is 48.7 Å². The molecule has 1 heterocycles. The van der Waals surface area contributed by atoms with Gasteiger partial charge in [0.05, 0.1) is 0 Å².